The number of nitrogens with one attached hydrogen (secondary N) is 2. The zero-order valence-electron chi connectivity index (χ0n) is 11.0. The molecule has 1 aromatic rings. The number of aliphatic hydroxyl groups excluding tert-OH is 1. The topological polar surface area (TPSA) is 68.4 Å². The minimum Gasteiger partial charge on any atom is -0.392 e. The highest BCUT2D eigenvalue weighted by Crippen LogP contribution is 2.27. The van der Waals surface area contributed by atoms with Gasteiger partial charge in [0.2, 0.25) is 0 Å². The van der Waals surface area contributed by atoms with Gasteiger partial charge in [-0.3, -0.25) is 9.69 Å². The summed E-state index contributed by atoms with van der Waals surface area (Å²) in [4.78, 5) is 17.3. The first kappa shape index (κ1) is 12.7. The predicted octanol–water partition coefficient (Wildman–Crippen LogP) is 0.732. The fraction of sp³-hybridized carbons (Fsp3) is 0.643. The Kier molecular flexibility index (Phi) is 3.57. The van der Waals surface area contributed by atoms with Gasteiger partial charge in [0.05, 0.1) is 6.10 Å². The van der Waals surface area contributed by atoms with E-state index >= 15 is 0 Å². The number of likely N-dealkylation sites (tertiary alicyclic amines) is 1. The van der Waals surface area contributed by atoms with Crippen LogP contribution in [-0.4, -0.2) is 52.2 Å². The molecule has 1 unspecified atom stereocenters. The van der Waals surface area contributed by atoms with Crippen LogP contribution in [0.25, 0.3) is 0 Å². The molecular formula is C14H21N3O2. The van der Waals surface area contributed by atoms with E-state index in [1.807, 2.05) is 6.07 Å². The highest BCUT2D eigenvalue weighted by Gasteiger charge is 2.36. The molecule has 5 heteroatoms. The number of hydrogen-bond acceptors (Lipinski definition) is 3. The van der Waals surface area contributed by atoms with Crippen LogP contribution in [0.15, 0.2) is 18.3 Å². The second-order valence-electron chi connectivity index (χ2n) is 5.60. The van der Waals surface area contributed by atoms with Crippen molar-refractivity contribution in [2.45, 2.75) is 43.9 Å². The summed E-state index contributed by atoms with van der Waals surface area (Å²) in [5.74, 6) is -0.0263. The molecule has 3 atom stereocenters. The van der Waals surface area contributed by atoms with E-state index in [9.17, 15) is 9.90 Å². The van der Waals surface area contributed by atoms with Crippen LogP contribution in [0.1, 0.15) is 36.2 Å². The number of aromatic amines is 1. The molecule has 3 rings (SSSR count). The maximum absolute atomic E-state index is 12.1. The van der Waals surface area contributed by atoms with Crippen molar-refractivity contribution in [3.05, 3.63) is 24.0 Å². The molecule has 1 aliphatic heterocycles. The zero-order chi connectivity index (χ0) is 13.2. The van der Waals surface area contributed by atoms with E-state index in [1.54, 1.807) is 12.3 Å². The SMILES string of the molecule is O=C(N[C@@H]1CCC[C@@H]1N1CCC(O)C1)c1ccc[nH]1. The number of rotatable bonds is 3. The summed E-state index contributed by atoms with van der Waals surface area (Å²) >= 11 is 0. The predicted molar refractivity (Wildman–Crippen MR) is 71.9 cm³/mol. The van der Waals surface area contributed by atoms with Crippen molar-refractivity contribution in [2.24, 2.45) is 0 Å². The van der Waals surface area contributed by atoms with Crippen LogP contribution >= 0.6 is 0 Å². The lowest BCUT2D eigenvalue weighted by Gasteiger charge is -2.29. The van der Waals surface area contributed by atoms with Crippen molar-refractivity contribution in [2.75, 3.05) is 13.1 Å². The lowest BCUT2D eigenvalue weighted by atomic mass is 10.1. The van der Waals surface area contributed by atoms with E-state index in [0.717, 1.165) is 38.8 Å². The zero-order valence-corrected chi connectivity index (χ0v) is 11.0. The molecule has 0 spiro atoms. The fourth-order valence-corrected chi connectivity index (χ4v) is 3.33. The monoisotopic (exact) mass is 263 g/mol. The smallest absolute Gasteiger partial charge is 0.267 e. The van der Waals surface area contributed by atoms with Crippen molar-refractivity contribution in [3.8, 4) is 0 Å². The molecule has 2 fully saturated rings. The van der Waals surface area contributed by atoms with Gasteiger partial charge < -0.3 is 15.4 Å². The Morgan fingerprint density at radius 1 is 1.42 bits per heavy atom. The molecular weight excluding hydrogens is 242 g/mol. The van der Waals surface area contributed by atoms with Gasteiger partial charge in [0, 0.05) is 31.4 Å². The molecule has 1 saturated heterocycles. The number of carbonyl (C=O) groups excluding carboxylic acids is 1. The van der Waals surface area contributed by atoms with Crippen molar-refractivity contribution in [3.63, 3.8) is 0 Å². The highest BCUT2D eigenvalue weighted by atomic mass is 16.3. The van der Waals surface area contributed by atoms with Crippen LogP contribution in [-0.2, 0) is 0 Å². The summed E-state index contributed by atoms with van der Waals surface area (Å²) in [5.41, 5.74) is 0.618. The Hall–Kier alpha value is -1.33. The third-order valence-electron chi connectivity index (χ3n) is 4.30. The van der Waals surface area contributed by atoms with Gasteiger partial charge in [0.1, 0.15) is 5.69 Å². The summed E-state index contributed by atoms with van der Waals surface area (Å²) in [5, 5.41) is 12.8. The van der Waals surface area contributed by atoms with E-state index in [1.165, 1.54) is 0 Å². The molecule has 2 heterocycles. The molecule has 19 heavy (non-hydrogen) atoms. The molecule has 5 nitrogen and oxygen atoms in total. The summed E-state index contributed by atoms with van der Waals surface area (Å²) in [6, 6.07) is 4.22. The van der Waals surface area contributed by atoms with Crippen LogP contribution in [0.4, 0.5) is 0 Å². The molecule has 2 aliphatic rings. The first-order chi connectivity index (χ1) is 9.24. The second kappa shape index (κ2) is 5.35. The summed E-state index contributed by atoms with van der Waals surface area (Å²) in [6.45, 7) is 1.69. The van der Waals surface area contributed by atoms with Crippen molar-refractivity contribution in [1.82, 2.24) is 15.2 Å². The standard InChI is InChI=1S/C14H21N3O2/c18-10-6-8-17(9-10)13-5-1-3-11(13)16-14(19)12-4-2-7-15-12/h2,4,7,10-11,13,15,18H,1,3,5-6,8-9H2,(H,16,19)/t10?,11-,13+/m1/s1. The number of aromatic nitrogens is 1. The first-order valence-corrected chi connectivity index (χ1v) is 7.10. The quantitative estimate of drug-likeness (QED) is 0.753. The number of carbonyl (C=O) groups is 1. The van der Waals surface area contributed by atoms with E-state index in [-0.39, 0.29) is 18.1 Å². The summed E-state index contributed by atoms with van der Waals surface area (Å²) in [7, 11) is 0. The normalized spacial score (nSPS) is 31.7. The maximum atomic E-state index is 12.1. The van der Waals surface area contributed by atoms with Gasteiger partial charge in [-0.25, -0.2) is 0 Å². The van der Waals surface area contributed by atoms with Crippen LogP contribution < -0.4 is 5.32 Å². The third-order valence-corrected chi connectivity index (χ3v) is 4.30. The number of H-pyrrole nitrogens is 1. The van der Waals surface area contributed by atoms with Crippen LogP contribution in [0.3, 0.4) is 0 Å². The molecule has 0 radical (unpaired) electrons. The average Bonchev–Trinajstić information content (AvgIpc) is 3.08. The molecule has 1 aliphatic carbocycles. The van der Waals surface area contributed by atoms with Crippen LogP contribution in [0.2, 0.25) is 0 Å². The van der Waals surface area contributed by atoms with E-state index in [4.69, 9.17) is 0 Å². The first-order valence-electron chi connectivity index (χ1n) is 7.10. The maximum Gasteiger partial charge on any atom is 0.267 e. The van der Waals surface area contributed by atoms with Crippen LogP contribution in [0, 0.1) is 0 Å². The Bertz CT molecular complexity index is 432. The Morgan fingerprint density at radius 2 is 2.32 bits per heavy atom. The highest BCUT2D eigenvalue weighted by molar-refractivity contribution is 5.92. The van der Waals surface area contributed by atoms with Crippen molar-refractivity contribution < 1.29 is 9.90 Å². The Balaban J connectivity index is 1.62. The van der Waals surface area contributed by atoms with Gasteiger partial charge in [-0.2, -0.15) is 0 Å². The largest absolute Gasteiger partial charge is 0.392 e. The van der Waals surface area contributed by atoms with Gasteiger partial charge in [-0.1, -0.05) is 0 Å². The molecule has 1 saturated carbocycles. The number of hydrogen-bond donors (Lipinski definition) is 3. The second-order valence-corrected chi connectivity index (χ2v) is 5.60. The lowest BCUT2D eigenvalue weighted by Crippen LogP contribution is -2.48. The minimum atomic E-state index is -0.194. The minimum absolute atomic E-state index is 0.0263. The molecule has 3 N–H and O–H groups in total. The molecule has 0 bridgehead atoms. The van der Waals surface area contributed by atoms with Gasteiger partial charge in [0.25, 0.3) is 5.91 Å². The fourth-order valence-electron chi connectivity index (χ4n) is 3.33. The molecule has 104 valence electrons. The van der Waals surface area contributed by atoms with Gasteiger partial charge in [-0.15, -0.1) is 0 Å². The number of aliphatic hydroxyl groups is 1. The van der Waals surface area contributed by atoms with Gasteiger partial charge >= 0.3 is 0 Å². The molecule has 0 aromatic carbocycles. The van der Waals surface area contributed by atoms with Crippen LogP contribution in [0.5, 0.6) is 0 Å². The Morgan fingerprint density at radius 3 is 3.00 bits per heavy atom. The average molecular weight is 263 g/mol. The van der Waals surface area contributed by atoms with E-state index < -0.39 is 0 Å². The summed E-state index contributed by atoms with van der Waals surface area (Å²) in [6.07, 6.45) is 5.71. The van der Waals surface area contributed by atoms with E-state index in [2.05, 4.69) is 15.2 Å². The summed E-state index contributed by atoms with van der Waals surface area (Å²) < 4.78 is 0. The lowest BCUT2D eigenvalue weighted by molar-refractivity contribution is 0.0901. The number of amides is 1. The van der Waals surface area contributed by atoms with E-state index in [0.29, 0.717) is 11.7 Å². The number of β-amino-alcohol motifs (C(OH)–C–C–N with tert-alkyl or cyclic N) is 1. The van der Waals surface area contributed by atoms with Crippen molar-refractivity contribution >= 4 is 5.91 Å². The molecule has 1 amide bonds. The van der Waals surface area contributed by atoms with Gasteiger partial charge in [-0.05, 0) is 37.8 Å². The third kappa shape index (κ3) is 2.67. The van der Waals surface area contributed by atoms with Gasteiger partial charge in [0.15, 0.2) is 0 Å². The van der Waals surface area contributed by atoms with Crippen molar-refractivity contribution in [1.29, 1.82) is 0 Å². The Labute approximate surface area is 113 Å². The molecule has 1 aromatic heterocycles. The number of nitrogens with zero attached hydrogens (tertiary/aromatic N) is 1.